The van der Waals surface area contributed by atoms with Crippen molar-refractivity contribution in [3.8, 4) is 0 Å². The van der Waals surface area contributed by atoms with Crippen LogP contribution in [0.25, 0.3) is 5.52 Å². The maximum atomic E-state index is 12.8. The molecule has 1 saturated heterocycles. The highest BCUT2D eigenvalue weighted by molar-refractivity contribution is 6.00. The van der Waals surface area contributed by atoms with E-state index in [0.29, 0.717) is 18.0 Å². The predicted molar refractivity (Wildman–Crippen MR) is 77.5 cm³/mol. The molecule has 5 nitrogen and oxygen atoms in total. The molecule has 0 bridgehead atoms. The van der Waals surface area contributed by atoms with Gasteiger partial charge in [-0.15, -0.1) is 0 Å². The van der Waals surface area contributed by atoms with E-state index in [2.05, 4.69) is 12.0 Å². The van der Waals surface area contributed by atoms with Gasteiger partial charge in [0.2, 0.25) is 0 Å². The van der Waals surface area contributed by atoms with Crippen molar-refractivity contribution in [3.63, 3.8) is 0 Å². The number of nitrogens with zero attached hydrogens (tertiary/aromatic N) is 3. The van der Waals surface area contributed by atoms with Crippen LogP contribution in [0.15, 0.2) is 30.6 Å². The van der Waals surface area contributed by atoms with Crippen molar-refractivity contribution in [2.24, 2.45) is 11.7 Å². The summed E-state index contributed by atoms with van der Waals surface area (Å²) in [5, 5.41) is 4.24. The molecule has 106 valence electrons. The lowest BCUT2D eigenvalue weighted by molar-refractivity contribution is 0.0534. The van der Waals surface area contributed by atoms with E-state index in [0.717, 1.165) is 24.9 Å². The Kier molecular flexibility index (Phi) is 3.44. The van der Waals surface area contributed by atoms with Crippen molar-refractivity contribution in [1.29, 1.82) is 0 Å². The van der Waals surface area contributed by atoms with Crippen LogP contribution in [0.4, 0.5) is 0 Å². The summed E-state index contributed by atoms with van der Waals surface area (Å²) in [4.78, 5) is 14.7. The Balaban J connectivity index is 1.95. The number of pyridine rings is 1. The van der Waals surface area contributed by atoms with Crippen molar-refractivity contribution in [2.75, 3.05) is 13.1 Å². The average Bonchev–Trinajstić information content (AvgIpc) is 2.90. The minimum Gasteiger partial charge on any atom is -0.334 e. The quantitative estimate of drug-likeness (QED) is 0.902. The van der Waals surface area contributed by atoms with Crippen LogP contribution in [0, 0.1) is 5.92 Å². The van der Waals surface area contributed by atoms with Crippen LogP contribution in [-0.4, -0.2) is 39.6 Å². The standard InChI is InChI=1S/C15H20N4O/c1-11-5-4-7-18(14(11)9-16)15(20)12-10-17-19-8-3-2-6-13(12)19/h2-3,6,8,10-11,14H,4-5,7,9,16H2,1H3. The molecule has 1 aliphatic heterocycles. The number of hydrogen-bond acceptors (Lipinski definition) is 3. The maximum Gasteiger partial charge on any atom is 0.257 e. The average molecular weight is 272 g/mol. The monoisotopic (exact) mass is 272 g/mol. The summed E-state index contributed by atoms with van der Waals surface area (Å²) < 4.78 is 1.73. The van der Waals surface area contributed by atoms with Gasteiger partial charge in [0.25, 0.3) is 5.91 Å². The highest BCUT2D eigenvalue weighted by Gasteiger charge is 2.32. The van der Waals surface area contributed by atoms with Gasteiger partial charge in [0.15, 0.2) is 0 Å². The summed E-state index contributed by atoms with van der Waals surface area (Å²) >= 11 is 0. The van der Waals surface area contributed by atoms with Crippen LogP contribution in [0.1, 0.15) is 30.1 Å². The Hall–Kier alpha value is -1.88. The van der Waals surface area contributed by atoms with E-state index < -0.39 is 0 Å². The van der Waals surface area contributed by atoms with E-state index in [1.165, 1.54) is 0 Å². The first kappa shape index (κ1) is 13.1. The minimum absolute atomic E-state index is 0.0493. The molecule has 0 saturated carbocycles. The first-order valence-electron chi connectivity index (χ1n) is 7.15. The topological polar surface area (TPSA) is 63.6 Å². The maximum absolute atomic E-state index is 12.8. The van der Waals surface area contributed by atoms with Gasteiger partial charge >= 0.3 is 0 Å². The van der Waals surface area contributed by atoms with E-state index in [4.69, 9.17) is 5.73 Å². The summed E-state index contributed by atoms with van der Waals surface area (Å²) in [6, 6.07) is 5.88. The Labute approximate surface area is 118 Å². The molecule has 2 aromatic heterocycles. The Bertz CT molecular complexity index is 621. The largest absolute Gasteiger partial charge is 0.334 e. The molecule has 1 aliphatic rings. The number of piperidine rings is 1. The highest BCUT2D eigenvalue weighted by Crippen LogP contribution is 2.25. The lowest BCUT2D eigenvalue weighted by Gasteiger charge is -2.39. The molecule has 0 aromatic carbocycles. The van der Waals surface area contributed by atoms with Crippen LogP contribution in [0.3, 0.4) is 0 Å². The van der Waals surface area contributed by atoms with Crippen molar-refractivity contribution >= 4 is 11.4 Å². The molecule has 2 N–H and O–H groups in total. The molecule has 0 spiro atoms. The van der Waals surface area contributed by atoms with E-state index in [1.807, 2.05) is 29.3 Å². The zero-order valence-electron chi connectivity index (χ0n) is 11.7. The van der Waals surface area contributed by atoms with E-state index >= 15 is 0 Å². The van der Waals surface area contributed by atoms with Crippen LogP contribution in [-0.2, 0) is 0 Å². The number of likely N-dealkylation sites (tertiary alicyclic amines) is 1. The van der Waals surface area contributed by atoms with Gasteiger partial charge in [0.1, 0.15) is 0 Å². The summed E-state index contributed by atoms with van der Waals surface area (Å²) in [5.41, 5.74) is 7.39. The smallest absolute Gasteiger partial charge is 0.257 e. The second-order valence-electron chi connectivity index (χ2n) is 5.51. The van der Waals surface area contributed by atoms with Crippen LogP contribution >= 0.6 is 0 Å². The Morgan fingerprint density at radius 1 is 1.50 bits per heavy atom. The summed E-state index contributed by atoms with van der Waals surface area (Å²) in [6.07, 6.45) is 5.69. The second kappa shape index (κ2) is 5.25. The summed E-state index contributed by atoms with van der Waals surface area (Å²) in [7, 11) is 0. The van der Waals surface area contributed by atoms with Crippen molar-refractivity contribution in [1.82, 2.24) is 14.5 Å². The molecule has 0 aliphatic carbocycles. The molecule has 1 fully saturated rings. The van der Waals surface area contributed by atoms with Gasteiger partial charge in [-0.3, -0.25) is 4.79 Å². The second-order valence-corrected chi connectivity index (χ2v) is 5.51. The molecule has 3 heterocycles. The molecule has 0 radical (unpaired) electrons. The molecule has 2 atom stereocenters. The van der Waals surface area contributed by atoms with Gasteiger partial charge in [0, 0.05) is 25.3 Å². The van der Waals surface area contributed by atoms with Crippen LogP contribution < -0.4 is 5.73 Å². The number of amides is 1. The van der Waals surface area contributed by atoms with Crippen molar-refractivity contribution < 1.29 is 4.79 Å². The molecular formula is C15H20N4O. The number of carbonyl (C=O) groups is 1. The number of rotatable bonds is 2. The molecular weight excluding hydrogens is 252 g/mol. The lowest BCUT2D eigenvalue weighted by Crippen LogP contribution is -2.51. The fourth-order valence-corrected chi connectivity index (χ4v) is 3.11. The minimum atomic E-state index is 0.0493. The highest BCUT2D eigenvalue weighted by atomic mass is 16.2. The number of aromatic nitrogens is 2. The Morgan fingerprint density at radius 2 is 2.35 bits per heavy atom. The zero-order chi connectivity index (χ0) is 14.1. The SMILES string of the molecule is CC1CCCN(C(=O)c2cnn3ccccc23)C1CN. The molecule has 1 amide bonds. The molecule has 5 heteroatoms. The third-order valence-corrected chi connectivity index (χ3v) is 4.27. The first-order chi connectivity index (χ1) is 9.72. The van der Waals surface area contributed by atoms with Crippen molar-refractivity contribution in [3.05, 3.63) is 36.2 Å². The van der Waals surface area contributed by atoms with Gasteiger partial charge in [0.05, 0.1) is 17.3 Å². The number of hydrogen-bond donors (Lipinski definition) is 1. The van der Waals surface area contributed by atoms with Gasteiger partial charge in [-0.1, -0.05) is 13.0 Å². The van der Waals surface area contributed by atoms with E-state index in [9.17, 15) is 4.79 Å². The number of carbonyl (C=O) groups excluding carboxylic acids is 1. The molecule has 2 aromatic rings. The fourth-order valence-electron chi connectivity index (χ4n) is 3.11. The van der Waals surface area contributed by atoms with Gasteiger partial charge < -0.3 is 10.6 Å². The van der Waals surface area contributed by atoms with E-state index in [-0.39, 0.29) is 11.9 Å². The number of fused-ring (bicyclic) bond motifs is 1. The molecule has 20 heavy (non-hydrogen) atoms. The summed E-state index contributed by atoms with van der Waals surface area (Å²) in [5.74, 6) is 0.507. The van der Waals surface area contributed by atoms with E-state index in [1.54, 1.807) is 10.7 Å². The zero-order valence-corrected chi connectivity index (χ0v) is 11.7. The fraction of sp³-hybridized carbons (Fsp3) is 0.467. The van der Waals surface area contributed by atoms with Crippen LogP contribution in [0.5, 0.6) is 0 Å². The number of nitrogens with two attached hydrogens (primary N) is 1. The molecule has 3 rings (SSSR count). The predicted octanol–water partition coefficient (Wildman–Crippen LogP) is 1.53. The third-order valence-electron chi connectivity index (χ3n) is 4.27. The normalized spacial score (nSPS) is 23.2. The van der Waals surface area contributed by atoms with Gasteiger partial charge in [-0.25, -0.2) is 4.52 Å². The van der Waals surface area contributed by atoms with Crippen LogP contribution in [0.2, 0.25) is 0 Å². The van der Waals surface area contributed by atoms with Gasteiger partial charge in [-0.05, 0) is 30.9 Å². The lowest BCUT2D eigenvalue weighted by atomic mass is 9.90. The first-order valence-corrected chi connectivity index (χ1v) is 7.15. The summed E-state index contributed by atoms with van der Waals surface area (Å²) in [6.45, 7) is 3.48. The molecule has 2 unspecified atom stereocenters. The van der Waals surface area contributed by atoms with Gasteiger partial charge in [-0.2, -0.15) is 5.10 Å². The Morgan fingerprint density at radius 3 is 3.15 bits per heavy atom. The van der Waals surface area contributed by atoms with Crippen molar-refractivity contribution in [2.45, 2.75) is 25.8 Å². The third kappa shape index (κ3) is 2.08.